The third kappa shape index (κ3) is 2.96. The Labute approximate surface area is 110 Å². The van der Waals surface area contributed by atoms with Crippen LogP contribution < -0.4 is 0 Å². The van der Waals surface area contributed by atoms with Crippen molar-refractivity contribution < 1.29 is 9.18 Å². The molecule has 0 aliphatic heterocycles. The van der Waals surface area contributed by atoms with Gasteiger partial charge in [0.05, 0.1) is 0 Å². The molecule has 0 aliphatic carbocycles. The Morgan fingerprint density at radius 3 is 2.67 bits per heavy atom. The standard InChI is InChI=1S/C15H12ClFO/c1-10-5-6-12(9-14(10)17)15(18)8-11-3-2-4-13(16)7-11/h2-7,9H,8H2,1H3. The summed E-state index contributed by atoms with van der Waals surface area (Å²) in [6.07, 6.45) is 0.225. The number of hydrogen-bond donors (Lipinski definition) is 0. The van der Waals surface area contributed by atoms with Crippen LogP contribution in [0.1, 0.15) is 21.5 Å². The first kappa shape index (κ1) is 12.8. The molecular formula is C15H12ClFO. The number of hydrogen-bond acceptors (Lipinski definition) is 1. The highest BCUT2D eigenvalue weighted by molar-refractivity contribution is 6.30. The molecule has 0 aliphatic rings. The Balaban J connectivity index is 2.19. The molecule has 2 rings (SSSR count). The molecular weight excluding hydrogens is 251 g/mol. The lowest BCUT2D eigenvalue weighted by molar-refractivity contribution is 0.0992. The molecule has 0 fully saturated rings. The Bertz CT molecular complexity index is 593. The molecule has 3 heteroatoms. The Kier molecular flexibility index (Phi) is 3.78. The lowest BCUT2D eigenvalue weighted by Crippen LogP contribution is -2.04. The minimum absolute atomic E-state index is 0.115. The fourth-order valence-corrected chi connectivity index (χ4v) is 1.91. The van der Waals surface area contributed by atoms with Gasteiger partial charge in [-0.2, -0.15) is 0 Å². The van der Waals surface area contributed by atoms with Crippen LogP contribution in [0.15, 0.2) is 42.5 Å². The fourth-order valence-electron chi connectivity index (χ4n) is 1.70. The summed E-state index contributed by atoms with van der Waals surface area (Å²) in [5, 5.41) is 0.593. The van der Waals surface area contributed by atoms with E-state index in [1.807, 2.05) is 6.07 Å². The van der Waals surface area contributed by atoms with Gasteiger partial charge >= 0.3 is 0 Å². The summed E-state index contributed by atoms with van der Waals surface area (Å²) in [6, 6.07) is 11.6. The number of rotatable bonds is 3. The summed E-state index contributed by atoms with van der Waals surface area (Å²) in [7, 11) is 0. The van der Waals surface area contributed by atoms with Gasteiger partial charge in [-0.1, -0.05) is 35.9 Å². The number of benzene rings is 2. The molecule has 18 heavy (non-hydrogen) atoms. The molecule has 0 saturated heterocycles. The number of ketones is 1. The quantitative estimate of drug-likeness (QED) is 0.757. The van der Waals surface area contributed by atoms with Crippen LogP contribution in [-0.2, 0) is 6.42 Å². The SMILES string of the molecule is Cc1ccc(C(=O)Cc2cccc(Cl)c2)cc1F. The van der Waals surface area contributed by atoms with Gasteiger partial charge in [-0.05, 0) is 36.2 Å². The molecule has 2 aromatic carbocycles. The first-order valence-electron chi connectivity index (χ1n) is 5.60. The lowest BCUT2D eigenvalue weighted by atomic mass is 10.0. The van der Waals surface area contributed by atoms with Crippen LogP contribution in [0.25, 0.3) is 0 Å². The van der Waals surface area contributed by atoms with Crippen molar-refractivity contribution in [2.45, 2.75) is 13.3 Å². The van der Waals surface area contributed by atoms with Gasteiger partial charge in [-0.3, -0.25) is 4.79 Å². The number of Topliss-reactive ketones (excluding diaryl/α,β-unsaturated/α-hetero) is 1. The van der Waals surface area contributed by atoms with Gasteiger partial charge in [0.1, 0.15) is 5.82 Å². The summed E-state index contributed by atoms with van der Waals surface area (Å²) >= 11 is 5.85. The van der Waals surface area contributed by atoms with Crippen molar-refractivity contribution in [1.82, 2.24) is 0 Å². The molecule has 0 heterocycles. The predicted molar refractivity (Wildman–Crippen MR) is 70.6 cm³/mol. The van der Waals surface area contributed by atoms with Gasteiger partial charge in [0, 0.05) is 17.0 Å². The van der Waals surface area contributed by atoms with E-state index >= 15 is 0 Å². The van der Waals surface area contributed by atoms with E-state index in [4.69, 9.17) is 11.6 Å². The average Bonchev–Trinajstić information content (AvgIpc) is 2.32. The zero-order valence-electron chi connectivity index (χ0n) is 9.91. The van der Waals surface area contributed by atoms with Crippen molar-refractivity contribution in [3.63, 3.8) is 0 Å². The summed E-state index contributed by atoms with van der Waals surface area (Å²) < 4.78 is 13.4. The van der Waals surface area contributed by atoms with Crippen molar-refractivity contribution in [2.24, 2.45) is 0 Å². The maximum Gasteiger partial charge on any atom is 0.167 e. The van der Waals surface area contributed by atoms with E-state index in [9.17, 15) is 9.18 Å². The van der Waals surface area contributed by atoms with Crippen LogP contribution in [-0.4, -0.2) is 5.78 Å². The molecule has 2 aromatic rings. The van der Waals surface area contributed by atoms with Crippen molar-refractivity contribution in [1.29, 1.82) is 0 Å². The Morgan fingerprint density at radius 2 is 2.00 bits per heavy atom. The smallest absolute Gasteiger partial charge is 0.167 e. The first-order chi connectivity index (χ1) is 8.56. The van der Waals surface area contributed by atoms with Crippen molar-refractivity contribution in [3.8, 4) is 0 Å². The summed E-state index contributed by atoms with van der Waals surface area (Å²) in [5.74, 6) is -0.469. The molecule has 0 unspecified atom stereocenters. The second kappa shape index (κ2) is 5.32. The van der Waals surface area contributed by atoms with Gasteiger partial charge in [0.15, 0.2) is 5.78 Å². The van der Waals surface area contributed by atoms with E-state index in [2.05, 4.69) is 0 Å². The third-order valence-corrected chi connectivity index (χ3v) is 2.98. The largest absolute Gasteiger partial charge is 0.294 e. The van der Waals surface area contributed by atoms with Crippen LogP contribution in [0.5, 0.6) is 0 Å². The molecule has 0 aromatic heterocycles. The maximum absolute atomic E-state index is 13.4. The molecule has 92 valence electrons. The average molecular weight is 263 g/mol. The van der Waals surface area contributed by atoms with Gasteiger partial charge in [0.2, 0.25) is 0 Å². The second-order valence-corrected chi connectivity index (χ2v) is 4.63. The molecule has 0 N–H and O–H groups in total. The maximum atomic E-state index is 13.4. The molecule has 0 amide bonds. The van der Waals surface area contributed by atoms with Crippen LogP contribution in [0.4, 0.5) is 4.39 Å². The molecule has 1 nitrogen and oxygen atoms in total. The van der Waals surface area contributed by atoms with Crippen LogP contribution in [0.2, 0.25) is 5.02 Å². The van der Waals surface area contributed by atoms with Gasteiger partial charge < -0.3 is 0 Å². The highest BCUT2D eigenvalue weighted by Crippen LogP contribution is 2.15. The monoisotopic (exact) mass is 262 g/mol. The van der Waals surface area contributed by atoms with E-state index < -0.39 is 0 Å². The zero-order valence-corrected chi connectivity index (χ0v) is 10.7. The zero-order chi connectivity index (χ0) is 13.1. The molecule has 0 radical (unpaired) electrons. The van der Waals surface area contributed by atoms with Gasteiger partial charge in [0.25, 0.3) is 0 Å². The minimum Gasteiger partial charge on any atom is -0.294 e. The topological polar surface area (TPSA) is 17.1 Å². The van der Waals surface area contributed by atoms with Gasteiger partial charge in [-0.25, -0.2) is 4.39 Å². The highest BCUT2D eigenvalue weighted by atomic mass is 35.5. The van der Waals surface area contributed by atoms with E-state index in [0.717, 1.165) is 5.56 Å². The summed E-state index contributed by atoms with van der Waals surface area (Å²) in [4.78, 5) is 12.0. The van der Waals surface area contributed by atoms with Crippen molar-refractivity contribution in [2.75, 3.05) is 0 Å². The van der Waals surface area contributed by atoms with E-state index in [1.54, 1.807) is 37.3 Å². The number of carbonyl (C=O) groups excluding carboxylic acids is 1. The highest BCUT2D eigenvalue weighted by Gasteiger charge is 2.09. The Hall–Kier alpha value is -1.67. The minimum atomic E-state index is -0.355. The predicted octanol–water partition coefficient (Wildman–Crippen LogP) is 4.21. The summed E-state index contributed by atoms with van der Waals surface area (Å²) in [6.45, 7) is 1.67. The van der Waals surface area contributed by atoms with Crippen molar-refractivity contribution in [3.05, 3.63) is 70.0 Å². The van der Waals surface area contributed by atoms with E-state index in [1.165, 1.54) is 6.07 Å². The molecule has 0 atom stereocenters. The van der Waals surface area contributed by atoms with Crippen molar-refractivity contribution >= 4 is 17.4 Å². The van der Waals surface area contributed by atoms with E-state index in [0.29, 0.717) is 16.1 Å². The Morgan fingerprint density at radius 1 is 1.22 bits per heavy atom. The second-order valence-electron chi connectivity index (χ2n) is 4.19. The molecule has 0 bridgehead atoms. The van der Waals surface area contributed by atoms with Gasteiger partial charge in [-0.15, -0.1) is 0 Å². The number of aryl methyl sites for hydroxylation is 1. The first-order valence-corrected chi connectivity index (χ1v) is 5.98. The lowest BCUT2D eigenvalue weighted by Gasteiger charge is -2.03. The van der Waals surface area contributed by atoms with Crippen LogP contribution in [0, 0.1) is 12.7 Å². The molecule has 0 spiro atoms. The number of carbonyl (C=O) groups is 1. The third-order valence-electron chi connectivity index (χ3n) is 2.75. The normalized spacial score (nSPS) is 10.4. The van der Waals surface area contributed by atoms with Crippen LogP contribution in [0.3, 0.4) is 0 Å². The number of halogens is 2. The fraction of sp³-hybridized carbons (Fsp3) is 0.133. The summed E-state index contributed by atoms with van der Waals surface area (Å²) in [5.41, 5.74) is 1.75. The molecule has 0 saturated carbocycles. The van der Waals surface area contributed by atoms with E-state index in [-0.39, 0.29) is 18.0 Å². The van der Waals surface area contributed by atoms with Crippen LogP contribution >= 0.6 is 11.6 Å².